The molecule has 0 heterocycles. The summed E-state index contributed by atoms with van der Waals surface area (Å²) in [5, 5.41) is 0. The fourth-order valence-electron chi connectivity index (χ4n) is 1.77. The smallest absolute Gasteiger partial charge is 0.0210 e. The van der Waals surface area contributed by atoms with Gasteiger partial charge in [0.25, 0.3) is 0 Å². The van der Waals surface area contributed by atoms with Crippen LogP contribution in [0.4, 0.5) is 0 Å². The summed E-state index contributed by atoms with van der Waals surface area (Å²) in [4.78, 5) is 0. The van der Waals surface area contributed by atoms with Crippen LogP contribution in [0.3, 0.4) is 0 Å². The van der Waals surface area contributed by atoms with Gasteiger partial charge >= 0.3 is 0 Å². The molecule has 2 nitrogen and oxygen atoms in total. The second-order valence-corrected chi connectivity index (χ2v) is 3.35. The van der Waals surface area contributed by atoms with Crippen LogP contribution in [0.5, 0.6) is 0 Å². The van der Waals surface area contributed by atoms with Crippen molar-refractivity contribution in [2.24, 2.45) is 11.8 Å². The van der Waals surface area contributed by atoms with E-state index in [0.29, 0.717) is 6.04 Å². The normalized spacial score (nSPS) is 24.6. The first-order valence-corrected chi connectivity index (χ1v) is 4.30. The van der Waals surface area contributed by atoms with E-state index in [0.717, 1.165) is 5.92 Å². The van der Waals surface area contributed by atoms with Gasteiger partial charge in [0.15, 0.2) is 0 Å². The Morgan fingerprint density at radius 3 is 2.40 bits per heavy atom. The lowest BCUT2D eigenvalue weighted by Crippen LogP contribution is -2.39. The summed E-state index contributed by atoms with van der Waals surface area (Å²) in [5.41, 5.74) is 2.83. The molecular formula is C8H18N2. The molecular weight excluding hydrogens is 124 g/mol. The van der Waals surface area contributed by atoms with Gasteiger partial charge in [-0.25, -0.2) is 0 Å². The van der Waals surface area contributed by atoms with E-state index in [4.69, 9.17) is 5.84 Å². The zero-order valence-corrected chi connectivity index (χ0v) is 6.77. The van der Waals surface area contributed by atoms with Crippen molar-refractivity contribution in [3.8, 4) is 0 Å². The molecule has 0 aromatic carbocycles. The lowest BCUT2D eigenvalue weighted by Gasteiger charge is -2.26. The van der Waals surface area contributed by atoms with E-state index >= 15 is 0 Å². The summed E-state index contributed by atoms with van der Waals surface area (Å²) in [7, 11) is 0. The van der Waals surface area contributed by atoms with Crippen molar-refractivity contribution in [2.75, 3.05) is 0 Å². The van der Waals surface area contributed by atoms with Crippen molar-refractivity contribution in [3.63, 3.8) is 0 Å². The van der Waals surface area contributed by atoms with Crippen LogP contribution < -0.4 is 11.3 Å². The first-order chi connectivity index (χ1) is 4.84. The fraction of sp³-hybridized carbons (Fsp3) is 1.00. The van der Waals surface area contributed by atoms with E-state index in [9.17, 15) is 0 Å². The Kier molecular flexibility index (Phi) is 3.16. The van der Waals surface area contributed by atoms with Gasteiger partial charge in [-0.2, -0.15) is 0 Å². The van der Waals surface area contributed by atoms with Crippen molar-refractivity contribution in [2.45, 2.75) is 45.1 Å². The lowest BCUT2D eigenvalue weighted by atomic mass is 9.85. The molecule has 1 aliphatic carbocycles. The largest absolute Gasteiger partial charge is 0.271 e. The van der Waals surface area contributed by atoms with Gasteiger partial charge in [-0.05, 0) is 25.7 Å². The molecule has 0 aromatic heterocycles. The summed E-state index contributed by atoms with van der Waals surface area (Å²) in [5.74, 6) is 6.19. The fourth-order valence-corrected chi connectivity index (χ4v) is 1.77. The molecule has 2 heteroatoms. The summed E-state index contributed by atoms with van der Waals surface area (Å²) >= 11 is 0. The highest BCUT2D eigenvalue weighted by Crippen LogP contribution is 2.25. The first kappa shape index (κ1) is 8.02. The summed E-state index contributed by atoms with van der Waals surface area (Å²) in [6.07, 6.45) is 6.96. The van der Waals surface area contributed by atoms with Crippen molar-refractivity contribution < 1.29 is 0 Å². The van der Waals surface area contributed by atoms with E-state index in [1.54, 1.807) is 0 Å². The number of nitrogens with one attached hydrogen (secondary N) is 1. The number of hydrogen-bond acceptors (Lipinski definition) is 2. The van der Waals surface area contributed by atoms with Crippen LogP contribution >= 0.6 is 0 Å². The van der Waals surface area contributed by atoms with E-state index in [2.05, 4.69) is 12.3 Å². The molecule has 0 saturated heterocycles. The van der Waals surface area contributed by atoms with Crippen LogP contribution in [-0.4, -0.2) is 6.04 Å². The molecule has 1 saturated carbocycles. The van der Waals surface area contributed by atoms with E-state index in [1.165, 1.54) is 32.1 Å². The SMILES string of the molecule is C[C@@H](NN)C1CCCCC1. The highest BCUT2D eigenvalue weighted by atomic mass is 15.2. The molecule has 0 amide bonds. The predicted octanol–water partition coefficient (Wildman–Crippen LogP) is 1.42. The maximum absolute atomic E-state index is 5.35. The summed E-state index contributed by atoms with van der Waals surface area (Å²) in [6, 6.07) is 0.514. The van der Waals surface area contributed by atoms with Gasteiger partial charge < -0.3 is 0 Å². The van der Waals surface area contributed by atoms with Crippen LogP contribution in [0.2, 0.25) is 0 Å². The minimum Gasteiger partial charge on any atom is -0.271 e. The van der Waals surface area contributed by atoms with Crippen LogP contribution in [0, 0.1) is 5.92 Å². The van der Waals surface area contributed by atoms with Crippen LogP contribution in [0.25, 0.3) is 0 Å². The van der Waals surface area contributed by atoms with E-state index < -0.39 is 0 Å². The van der Waals surface area contributed by atoms with Gasteiger partial charge in [0, 0.05) is 6.04 Å². The Bertz CT molecular complexity index is 87.3. The van der Waals surface area contributed by atoms with Gasteiger partial charge in [0.1, 0.15) is 0 Å². The lowest BCUT2D eigenvalue weighted by molar-refractivity contribution is 0.284. The third-order valence-electron chi connectivity index (χ3n) is 2.62. The second kappa shape index (κ2) is 3.94. The molecule has 10 heavy (non-hydrogen) atoms. The molecule has 0 unspecified atom stereocenters. The topological polar surface area (TPSA) is 38.0 Å². The molecule has 1 fully saturated rings. The van der Waals surface area contributed by atoms with Gasteiger partial charge in [-0.1, -0.05) is 19.3 Å². The van der Waals surface area contributed by atoms with Crippen molar-refractivity contribution >= 4 is 0 Å². The standard InChI is InChI=1S/C8H18N2/c1-7(10-9)8-5-3-2-4-6-8/h7-8,10H,2-6,9H2,1H3/t7-/m1/s1. The summed E-state index contributed by atoms with van der Waals surface area (Å²) < 4.78 is 0. The molecule has 3 N–H and O–H groups in total. The molecule has 1 rings (SSSR count). The predicted molar refractivity (Wildman–Crippen MR) is 43.4 cm³/mol. The maximum atomic E-state index is 5.35. The molecule has 1 aliphatic rings. The van der Waals surface area contributed by atoms with E-state index in [1.807, 2.05) is 0 Å². The number of rotatable bonds is 2. The van der Waals surface area contributed by atoms with Crippen LogP contribution in [0.1, 0.15) is 39.0 Å². The number of nitrogens with two attached hydrogens (primary N) is 1. The van der Waals surface area contributed by atoms with Gasteiger partial charge in [0.05, 0.1) is 0 Å². The zero-order chi connectivity index (χ0) is 7.40. The molecule has 0 radical (unpaired) electrons. The third-order valence-corrected chi connectivity index (χ3v) is 2.62. The quantitative estimate of drug-likeness (QED) is 0.452. The van der Waals surface area contributed by atoms with Crippen molar-refractivity contribution in [1.29, 1.82) is 0 Å². The highest BCUT2D eigenvalue weighted by molar-refractivity contribution is 4.73. The second-order valence-electron chi connectivity index (χ2n) is 3.35. The Morgan fingerprint density at radius 2 is 1.90 bits per heavy atom. The summed E-state index contributed by atoms with van der Waals surface area (Å²) in [6.45, 7) is 2.18. The average molecular weight is 142 g/mol. The highest BCUT2D eigenvalue weighted by Gasteiger charge is 2.18. The molecule has 0 aromatic rings. The third kappa shape index (κ3) is 1.96. The first-order valence-electron chi connectivity index (χ1n) is 4.30. The van der Waals surface area contributed by atoms with Gasteiger partial charge in [-0.3, -0.25) is 11.3 Å². The van der Waals surface area contributed by atoms with Crippen molar-refractivity contribution in [3.05, 3.63) is 0 Å². The molecule has 1 atom stereocenters. The van der Waals surface area contributed by atoms with Crippen LogP contribution in [-0.2, 0) is 0 Å². The van der Waals surface area contributed by atoms with Gasteiger partial charge in [-0.15, -0.1) is 0 Å². The number of hydrazine groups is 1. The van der Waals surface area contributed by atoms with Crippen molar-refractivity contribution in [1.82, 2.24) is 5.43 Å². The number of hydrogen-bond donors (Lipinski definition) is 2. The van der Waals surface area contributed by atoms with E-state index in [-0.39, 0.29) is 0 Å². The molecule has 0 aliphatic heterocycles. The monoisotopic (exact) mass is 142 g/mol. The van der Waals surface area contributed by atoms with Crippen LogP contribution in [0.15, 0.2) is 0 Å². The average Bonchev–Trinajstić information content (AvgIpc) is 2.05. The minimum atomic E-state index is 0.514. The zero-order valence-electron chi connectivity index (χ0n) is 6.77. The molecule has 0 spiro atoms. The Morgan fingerprint density at radius 1 is 1.30 bits per heavy atom. The molecule has 60 valence electrons. The Labute approximate surface area is 63.1 Å². The van der Waals surface area contributed by atoms with Gasteiger partial charge in [0.2, 0.25) is 0 Å². The minimum absolute atomic E-state index is 0.514. The Hall–Kier alpha value is -0.0800. The Balaban J connectivity index is 2.24. The maximum Gasteiger partial charge on any atom is 0.0210 e. The molecule has 0 bridgehead atoms.